The molecule has 1 aliphatic heterocycles. The van der Waals surface area contributed by atoms with E-state index in [0.29, 0.717) is 18.2 Å². The van der Waals surface area contributed by atoms with Gasteiger partial charge in [-0.25, -0.2) is 0 Å². The number of benzene rings is 2. The Morgan fingerprint density at radius 2 is 1.97 bits per heavy atom. The highest BCUT2D eigenvalue weighted by Crippen LogP contribution is 2.23. The molecule has 2 aromatic carbocycles. The number of hydrogen-bond donors (Lipinski definition) is 2. The summed E-state index contributed by atoms with van der Waals surface area (Å²) in [6.45, 7) is 6.63. The first kappa shape index (κ1) is 21.8. The van der Waals surface area contributed by atoms with Gasteiger partial charge < -0.3 is 20.1 Å². The Hall–Kier alpha value is -2.37. The molecule has 4 rings (SSSR count). The van der Waals surface area contributed by atoms with Gasteiger partial charge in [0.15, 0.2) is 0 Å². The van der Waals surface area contributed by atoms with Crippen LogP contribution in [-0.2, 0) is 24.1 Å². The third-order valence-corrected chi connectivity index (χ3v) is 6.13. The van der Waals surface area contributed by atoms with E-state index in [4.69, 9.17) is 9.47 Å². The fraction of sp³-hybridized carbons (Fsp3) is 0.500. The molecule has 1 fully saturated rings. The molecule has 5 nitrogen and oxygen atoms in total. The molecule has 2 N–H and O–H groups in total. The van der Waals surface area contributed by atoms with Crippen molar-refractivity contribution in [1.82, 2.24) is 10.6 Å². The Kier molecular flexibility index (Phi) is 7.25. The van der Waals surface area contributed by atoms with E-state index in [0.717, 1.165) is 51.0 Å². The quantitative estimate of drug-likeness (QED) is 0.674. The second kappa shape index (κ2) is 10.3. The van der Waals surface area contributed by atoms with Crippen molar-refractivity contribution in [2.75, 3.05) is 13.2 Å². The molecule has 1 saturated heterocycles. The van der Waals surface area contributed by atoms with Crippen LogP contribution in [0.5, 0.6) is 5.75 Å². The summed E-state index contributed by atoms with van der Waals surface area (Å²) in [4.78, 5) is 12.7. The zero-order valence-electron chi connectivity index (χ0n) is 18.7. The van der Waals surface area contributed by atoms with Crippen LogP contribution in [0.1, 0.15) is 60.2 Å². The summed E-state index contributed by atoms with van der Waals surface area (Å²) in [5.41, 5.74) is 4.77. The highest BCUT2D eigenvalue weighted by atomic mass is 16.5. The topological polar surface area (TPSA) is 59.6 Å². The molecule has 1 aliphatic carbocycles. The van der Waals surface area contributed by atoms with Crippen molar-refractivity contribution in [3.8, 4) is 5.75 Å². The summed E-state index contributed by atoms with van der Waals surface area (Å²) < 4.78 is 11.4. The highest BCUT2D eigenvalue weighted by molar-refractivity contribution is 5.94. The van der Waals surface area contributed by atoms with Gasteiger partial charge in [0, 0.05) is 30.8 Å². The normalized spacial score (nSPS) is 20.5. The Labute approximate surface area is 185 Å². The van der Waals surface area contributed by atoms with Gasteiger partial charge in [0.2, 0.25) is 0 Å². The molecule has 166 valence electrons. The molecule has 0 aromatic heterocycles. The number of carbonyl (C=O) groups excluding carboxylic acids is 1. The van der Waals surface area contributed by atoms with E-state index in [2.05, 4.69) is 42.7 Å². The van der Waals surface area contributed by atoms with Crippen LogP contribution in [0.3, 0.4) is 0 Å². The van der Waals surface area contributed by atoms with Crippen molar-refractivity contribution in [3.05, 3.63) is 64.7 Å². The zero-order valence-corrected chi connectivity index (χ0v) is 18.7. The Bertz CT molecular complexity index is 873. The van der Waals surface area contributed by atoms with Gasteiger partial charge in [0.1, 0.15) is 12.4 Å². The van der Waals surface area contributed by atoms with E-state index in [-0.39, 0.29) is 18.1 Å². The van der Waals surface area contributed by atoms with E-state index < -0.39 is 0 Å². The number of carbonyl (C=O) groups is 1. The molecule has 5 heteroatoms. The van der Waals surface area contributed by atoms with Crippen molar-refractivity contribution < 1.29 is 14.3 Å². The lowest BCUT2D eigenvalue weighted by Gasteiger charge is -2.26. The van der Waals surface area contributed by atoms with Crippen molar-refractivity contribution in [3.63, 3.8) is 0 Å². The van der Waals surface area contributed by atoms with E-state index in [1.54, 1.807) is 0 Å². The minimum atomic E-state index is -0.0168. The predicted octanol–water partition coefficient (Wildman–Crippen LogP) is 4.03. The first-order chi connectivity index (χ1) is 15.1. The largest absolute Gasteiger partial charge is 0.491 e. The summed E-state index contributed by atoms with van der Waals surface area (Å²) in [5.74, 6) is 0.762. The lowest BCUT2D eigenvalue weighted by molar-refractivity contribution is 0.0679. The van der Waals surface area contributed by atoms with Gasteiger partial charge >= 0.3 is 0 Å². The van der Waals surface area contributed by atoms with Crippen LogP contribution >= 0.6 is 0 Å². The summed E-state index contributed by atoms with van der Waals surface area (Å²) in [5, 5.41) is 6.69. The van der Waals surface area contributed by atoms with Crippen molar-refractivity contribution in [1.29, 1.82) is 0 Å². The van der Waals surface area contributed by atoms with Crippen LogP contribution in [0.4, 0.5) is 0 Å². The summed E-state index contributed by atoms with van der Waals surface area (Å²) in [6.07, 6.45) is 5.23. The van der Waals surface area contributed by atoms with Crippen LogP contribution < -0.4 is 15.4 Å². The number of nitrogens with one attached hydrogen (secondary N) is 2. The fourth-order valence-corrected chi connectivity index (χ4v) is 4.30. The SMILES string of the molecule is CC(C)NCc1ccc2c(c1)CC[C@H](NC(=O)c1ccc(OC[C@@H]3CCCO3)cc1)C2. The van der Waals surface area contributed by atoms with Crippen LogP contribution in [0.15, 0.2) is 42.5 Å². The number of fused-ring (bicyclic) bond motifs is 1. The van der Waals surface area contributed by atoms with E-state index in [9.17, 15) is 4.79 Å². The number of rotatable bonds is 8. The van der Waals surface area contributed by atoms with Crippen LogP contribution in [0, 0.1) is 0 Å². The van der Waals surface area contributed by atoms with Crippen molar-refractivity contribution in [2.45, 2.75) is 70.7 Å². The molecule has 2 atom stereocenters. The molecule has 0 saturated carbocycles. The molecule has 0 radical (unpaired) electrons. The van der Waals surface area contributed by atoms with Gasteiger partial charge in [-0.1, -0.05) is 32.0 Å². The average Bonchev–Trinajstić information content (AvgIpc) is 3.30. The summed E-state index contributed by atoms with van der Waals surface area (Å²) in [6, 6.07) is 14.8. The van der Waals surface area contributed by atoms with Gasteiger partial charge in [-0.05, 0) is 73.1 Å². The van der Waals surface area contributed by atoms with E-state index in [1.165, 1.54) is 16.7 Å². The van der Waals surface area contributed by atoms with Crippen LogP contribution in [0.2, 0.25) is 0 Å². The molecule has 31 heavy (non-hydrogen) atoms. The van der Waals surface area contributed by atoms with Crippen LogP contribution in [-0.4, -0.2) is 37.3 Å². The Balaban J connectivity index is 1.28. The van der Waals surface area contributed by atoms with Crippen molar-refractivity contribution in [2.24, 2.45) is 0 Å². The smallest absolute Gasteiger partial charge is 0.251 e. The second-order valence-corrected chi connectivity index (χ2v) is 9.02. The standard InChI is InChI=1S/C26H34N2O3/c1-18(2)27-16-19-5-6-22-15-23(10-7-21(22)14-19)28-26(29)20-8-11-24(12-9-20)31-17-25-4-3-13-30-25/h5-6,8-9,11-12,14,18,23,25,27H,3-4,7,10,13,15-17H2,1-2H3,(H,28,29)/t23-,25-/m0/s1. The highest BCUT2D eigenvalue weighted by Gasteiger charge is 2.21. The summed E-state index contributed by atoms with van der Waals surface area (Å²) >= 11 is 0. The minimum absolute atomic E-state index is 0.0168. The Morgan fingerprint density at radius 1 is 1.13 bits per heavy atom. The maximum atomic E-state index is 12.7. The van der Waals surface area contributed by atoms with Gasteiger partial charge in [-0.15, -0.1) is 0 Å². The first-order valence-corrected chi connectivity index (χ1v) is 11.6. The van der Waals surface area contributed by atoms with Gasteiger partial charge in [0.25, 0.3) is 5.91 Å². The lowest BCUT2D eigenvalue weighted by Crippen LogP contribution is -2.38. The molecule has 1 heterocycles. The number of ether oxygens (including phenoxy) is 2. The van der Waals surface area contributed by atoms with Crippen molar-refractivity contribution >= 4 is 5.91 Å². The molecule has 2 aliphatic rings. The number of amides is 1. The second-order valence-electron chi connectivity index (χ2n) is 9.02. The molecular weight excluding hydrogens is 388 g/mol. The zero-order chi connectivity index (χ0) is 21.6. The minimum Gasteiger partial charge on any atom is -0.491 e. The molecule has 0 bridgehead atoms. The third-order valence-electron chi connectivity index (χ3n) is 6.13. The molecular formula is C26H34N2O3. The maximum Gasteiger partial charge on any atom is 0.251 e. The lowest BCUT2D eigenvalue weighted by atomic mass is 9.87. The van der Waals surface area contributed by atoms with Crippen LogP contribution in [0.25, 0.3) is 0 Å². The Morgan fingerprint density at radius 3 is 2.71 bits per heavy atom. The third kappa shape index (κ3) is 6.08. The summed E-state index contributed by atoms with van der Waals surface area (Å²) in [7, 11) is 0. The average molecular weight is 423 g/mol. The van der Waals surface area contributed by atoms with Gasteiger partial charge in [-0.2, -0.15) is 0 Å². The number of aryl methyl sites for hydroxylation is 1. The molecule has 0 spiro atoms. The predicted molar refractivity (Wildman–Crippen MR) is 123 cm³/mol. The monoisotopic (exact) mass is 422 g/mol. The first-order valence-electron chi connectivity index (χ1n) is 11.6. The maximum absolute atomic E-state index is 12.7. The van der Waals surface area contributed by atoms with Gasteiger partial charge in [0.05, 0.1) is 6.10 Å². The fourth-order valence-electron chi connectivity index (χ4n) is 4.30. The molecule has 2 aromatic rings. The molecule has 0 unspecified atom stereocenters. The van der Waals surface area contributed by atoms with Gasteiger partial charge in [-0.3, -0.25) is 4.79 Å². The van der Waals surface area contributed by atoms with E-state index in [1.807, 2.05) is 24.3 Å². The number of hydrogen-bond acceptors (Lipinski definition) is 4. The molecule has 1 amide bonds. The van der Waals surface area contributed by atoms with E-state index >= 15 is 0 Å².